The number of carboxylic acid groups (broad SMARTS) is 1. The highest BCUT2D eigenvalue weighted by Crippen LogP contribution is 2.30. The Morgan fingerprint density at radius 3 is 2.95 bits per heavy atom. The molecular weight excluding hydrogens is 298 g/mol. The second-order valence-electron chi connectivity index (χ2n) is 4.17. The van der Waals surface area contributed by atoms with Gasteiger partial charge in [0.05, 0.1) is 20.2 Å². The van der Waals surface area contributed by atoms with E-state index in [1.807, 2.05) is 30.3 Å². The SMILES string of the molecule is O=C(O)CNc1ccc2[nH]c(-c3ccc(Cl)s3)nc2c1. The van der Waals surface area contributed by atoms with Gasteiger partial charge in [0.15, 0.2) is 0 Å². The average molecular weight is 308 g/mol. The Kier molecular flexibility index (Phi) is 3.33. The number of aromatic nitrogens is 2. The zero-order chi connectivity index (χ0) is 14.1. The van der Waals surface area contributed by atoms with E-state index in [0.717, 1.165) is 27.4 Å². The summed E-state index contributed by atoms with van der Waals surface area (Å²) in [5, 5.41) is 11.5. The van der Waals surface area contributed by atoms with Crippen molar-refractivity contribution in [2.45, 2.75) is 0 Å². The highest BCUT2D eigenvalue weighted by Gasteiger charge is 2.08. The maximum absolute atomic E-state index is 10.5. The molecular formula is C13H10ClN3O2S. The first kappa shape index (κ1) is 13.0. The van der Waals surface area contributed by atoms with Gasteiger partial charge in [-0.25, -0.2) is 4.98 Å². The van der Waals surface area contributed by atoms with Gasteiger partial charge >= 0.3 is 5.97 Å². The molecule has 102 valence electrons. The molecule has 0 aliphatic carbocycles. The number of carboxylic acids is 1. The summed E-state index contributed by atoms with van der Waals surface area (Å²) in [6.45, 7) is -0.122. The van der Waals surface area contributed by atoms with Crippen molar-refractivity contribution >= 4 is 45.6 Å². The molecule has 0 amide bonds. The summed E-state index contributed by atoms with van der Waals surface area (Å²) in [5.41, 5.74) is 2.40. The van der Waals surface area contributed by atoms with Gasteiger partial charge in [-0.15, -0.1) is 11.3 Å². The van der Waals surface area contributed by atoms with Crippen LogP contribution in [0.5, 0.6) is 0 Å². The Hall–Kier alpha value is -2.05. The van der Waals surface area contributed by atoms with Crippen LogP contribution in [-0.4, -0.2) is 27.6 Å². The second-order valence-corrected chi connectivity index (χ2v) is 5.88. The summed E-state index contributed by atoms with van der Waals surface area (Å²) in [6.07, 6.45) is 0. The Morgan fingerprint density at radius 1 is 1.40 bits per heavy atom. The summed E-state index contributed by atoms with van der Waals surface area (Å²) in [7, 11) is 0. The molecule has 0 unspecified atom stereocenters. The lowest BCUT2D eigenvalue weighted by Crippen LogP contribution is -2.12. The fourth-order valence-corrected chi connectivity index (χ4v) is 2.84. The molecule has 0 saturated carbocycles. The van der Waals surface area contributed by atoms with Crippen LogP contribution in [-0.2, 0) is 4.79 Å². The van der Waals surface area contributed by atoms with Crippen molar-refractivity contribution in [2.75, 3.05) is 11.9 Å². The van der Waals surface area contributed by atoms with E-state index in [9.17, 15) is 4.79 Å². The lowest BCUT2D eigenvalue weighted by atomic mass is 10.3. The minimum atomic E-state index is -0.902. The lowest BCUT2D eigenvalue weighted by molar-refractivity contribution is -0.134. The number of carbonyl (C=O) groups is 1. The fourth-order valence-electron chi connectivity index (χ4n) is 1.85. The van der Waals surface area contributed by atoms with E-state index in [0.29, 0.717) is 4.34 Å². The molecule has 0 spiro atoms. The number of nitrogens with zero attached hydrogens (tertiary/aromatic N) is 1. The number of anilines is 1. The predicted molar refractivity (Wildman–Crippen MR) is 80.5 cm³/mol. The number of thiophene rings is 1. The minimum absolute atomic E-state index is 0.122. The Morgan fingerprint density at radius 2 is 2.25 bits per heavy atom. The van der Waals surface area contributed by atoms with Crippen LogP contribution in [0, 0.1) is 0 Å². The molecule has 0 radical (unpaired) electrons. The molecule has 0 bridgehead atoms. The van der Waals surface area contributed by atoms with Crippen molar-refractivity contribution in [1.29, 1.82) is 0 Å². The van der Waals surface area contributed by atoms with Crippen molar-refractivity contribution in [1.82, 2.24) is 9.97 Å². The third kappa shape index (κ3) is 2.61. The van der Waals surface area contributed by atoms with Crippen LogP contribution < -0.4 is 5.32 Å². The van der Waals surface area contributed by atoms with Gasteiger partial charge in [0, 0.05) is 5.69 Å². The van der Waals surface area contributed by atoms with Crippen LogP contribution in [0.15, 0.2) is 30.3 Å². The van der Waals surface area contributed by atoms with Gasteiger partial charge in [-0.1, -0.05) is 11.6 Å². The van der Waals surface area contributed by atoms with Crippen LogP contribution in [0.25, 0.3) is 21.7 Å². The molecule has 5 nitrogen and oxygen atoms in total. The number of halogens is 1. The zero-order valence-corrected chi connectivity index (χ0v) is 11.8. The summed E-state index contributed by atoms with van der Waals surface area (Å²) < 4.78 is 0.712. The Bertz CT molecular complexity index is 781. The Labute approximate surface area is 123 Å². The average Bonchev–Trinajstić information content (AvgIpc) is 3.01. The quantitative estimate of drug-likeness (QED) is 0.690. The van der Waals surface area contributed by atoms with Crippen molar-refractivity contribution < 1.29 is 9.90 Å². The number of rotatable bonds is 4. The third-order valence-electron chi connectivity index (χ3n) is 2.73. The molecule has 0 atom stereocenters. The van der Waals surface area contributed by atoms with E-state index in [-0.39, 0.29) is 6.54 Å². The summed E-state index contributed by atoms with van der Waals surface area (Å²) in [5.74, 6) is -0.145. The molecule has 0 aliphatic rings. The van der Waals surface area contributed by atoms with Crippen LogP contribution >= 0.6 is 22.9 Å². The Balaban J connectivity index is 1.93. The van der Waals surface area contributed by atoms with Gasteiger partial charge in [0.2, 0.25) is 0 Å². The predicted octanol–water partition coefficient (Wildman–Crippen LogP) is 3.44. The van der Waals surface area contributed by atoms with Crippen molar-refractivity contribution in [3.63, 3.8) is 0 Å². The monoisotopic (exact) mass is 307 g/mol. The van der Waals surface area contributed by atoms with Crippen LogP contribution in [0.2, 0.25) is 4.34 Å². The molecule has 20 heavy (non-hydrogen) atoms. The molecule has 3 N–H and O–H groups in total. The number of H-pyrrole nitrogens is 1. The van der Waals surface area contributed by atoms with E-state index < -0.39 is 5.97 Å². The topological polar surface area (TPSA) is 78.0 Å². The summed E-state index contributed by atoms with van der Waals surface area (Å²) in [4.78, 5) is 19.2. The first-order chi connectivity index (χ1) is 9.61. The molecule has 2 heterocycles. The van der Waals surface area contributed by atoms with Gasteiger partial charge in [0.25, 0.3) is 0 Å². The molecule has 3 rings (SSSR count). The highest BCUT2D eigenvalue weighted by molar-refractivity contribution is 7.19. The van der Waals surface area contributed by atoms with Gasteiger partial charge in [-0.05, 0) is 30.3 Å². The van der Waals surface area contributed by atoms with Crippen LogP contribution in [0.1, 0.15) is 0 Å². The van der Waals surface area contributed by atoms with Crippen molar-refractivity contribution in [3.8, 4) is 10.7 Å². The maximum atomic E-state index is 10.5. The van der Waals surface area contributed by atoms with Crippen molar-refractivity contribution in [2.24, 2.45) is 0 Å². The lowest BCUT2D eigenvalue weighted by Gasteiger charge is -2.01. The number of aliphatic carboxylic acids is 1. The highest BCUT2D eigenvalue weighted by atomic mass is 35.5. The first-order valence-electron chi connectivity index (χ1n) is 5.83. The third-order valence-corrected chi connectivity index (χ3v) is 3.97. The number of hydrogen-bond donors (Lipinski definition) is 3. The number of benzene rings is 1. The number of aromatic amines is 1. The smallest absolute Gasteiger partial charge is 0.322 e. The van der Waals surface area contributed by atoms with Crippen LogP contribution in [0.4, 0.5) is 5.69 Å². The zero-order valence-electron chi connectivity index (χ0n) is 10.2. The van der Waals surface area contributed by atoms with E-state index >= 15 is 0 Å². The van der Waals surface area contributed by atoms with Gasteiger partial charge in [-0.3, -0.25) is 4.79 Å². The van der Waals surface area contributed by atoms with E-state index in [4.69, 9.17) is 16.7 Å². The molecule has 3 aromatic rings. The largest absolute Gasteiger partial charge is 0.480 e. The summed E-state index contributed by atoms with van der Waals surface area (Å²) in [6, 6.07) is 9.23. The molecule has 2 aromatic heterocycles. The molecule has 0 fully saturated rings. The standard InChI is InChI=1S/C13H10ClN3O2S/c14-11-4-3-10(20-11)13-16-8-2-1-7(5-9(8)17-13)15-6-12(18)19/h1-5,15H,6H2,(H,16,17)(H,18,19). The molecule has 0 saturated heterocycles. The second kappa shape index (κ2) is 5.15. The number of nitrogens with one attached hydrogen (secondary N) is 2. The molecule has 1 aromatic carbocycles. The van der Waals surface area contributed by atoms with Gasteiger partial charge in [-0.2, -0.15) is 0 Å². The minimum Gasteiger partial charge on any atom is -0.480 e. The molecule has 7 heteroatoms. The summed E-state index contributed by atoms with van der Waals surface area (Å²) >= 11 is 7.37. The molecule has 0 aliphatic heterocycles. The van der Waals surface area contributed by atoms with E-state index in [2.05, 4.69) is 15.3 Å². The number of fused-ring (bicyclic) bond motifs is 1. The van der Waals surface area contributed by atoms with Gasteiger partial charge < -0.3 is 15.4 Å². The number of hydrogen-bond acceptors (Lipinski definition) is 4. The van der Waals surface area contributed by atoms with Gasteiger partial charge in [0.1, 0.15) is 12.4 Å². The first-order valence-corrected chi connectivity index (χ1v) is 7.02. The van der Waals surface area contributed by atoms with Crippen LogP contribution in [0.3, 0.4) is 0 Å². The maximum Gasteiger partial charge on any atom is 0.322 e. The fraction of sp³-hybridized carbons (Fsp3) is 0.0769. The van der Waals surface area contributed by atoms with E-state index in [1.165, 1.54) is 11.3 Å². The van der Waals surface area contributed by atoms with Crippen molar-refractivity contribution in [3.05, 3.63) is 34.7 Å². The van der Waals surface area contributed by atoms with E-state index in [1.54, 1.807) is 0 Å². The number of imidazole rings is 1. The normalized spacial score (nSPS) is 10.8.